The van der Waals surface area contributed by atoms with E-state index in [1.165, 1.54) is 0 Å². The van der Waals surface area contributed by atoms with Gasteiger partial charge >= 0.3 is 0 Å². The van der Waals surface area contributed by atoms with E-state index in [4.69, 9.17) is 0 Å². The van der Waals surface area contributed by atoms with Crippen molar-refractivity contribution in [3.63, 3.8) is 0 Å². The minimum atomic E-state index is -0.946. The molecule has 1 fully saturated rings. The van der Waals surface area contributed by atoms with Crippen LogP contribution in [-0.4, -0.2) is 22.6 Å². The number of carbonyl (C=O) groups is 1. The van der Waals surface area contributed by atoms with Crippen LogP contribution in [-0.2, 0) is 4.79 Å². The highest BCUT2D eigenvalue weighted by molar-refractivity contribution is 8.00. The molecule has 0 unspecified atom stereocenters. The molecule has 0 aromatic carbocycles. The van der Waals surface area contributed by atoms with Gasteiger partial charge in [-0.05, 0) is 0 Å². The molecule has 1 aliphatic rings. The monoisotopic (exact) mass is 161 g/mol. The second kappa shape index (κ2) is 2.43. The highest BCUT2D eigenvalue weighted by Crippen LogP contribution is 2.21. The summed E-state index contributed by atoms with van der Waals surface area (Å²) in [5.41, 5.74) is 0. The van der Waals surface area contributed by atoms with E-state index in [0.717, 1.165) is 0 Å². The summed E-state index contributed by atoms with van der Waals surface area (Å²) in [6.45, 7) is 4.03. The van der Waals surface area contributed by atoms with E-state index < -0.39 is 5.97 Å². The molecule has 0 radical (unpaired) electrons. The molecule has 2 N–H and O–H groups in total. The lowest BCUT2D eigenvalue weighted by Gasteiger charge is -2.15. The molecule has 1 heterocycles. The van der Waals surface area contributed by atoms with Crippen molar-refractivity contribution in [3.05, 3.63) is 0 Å². The van der Waals surface area contributed by atoms with E-state index in [1.54, 1.807) is 11.8 Å². The van der Waals surface area contributed by atoms with Gasteiger partial charge in [0.05, 0.1) is 5.75 Å². The molecule has 1 aliphatic heterocycles. The Labute approximate surface area is 64.2 Å². The summed E-state index contributed by atoms with van der Waals surface area (Å²) >= 11 is 1.66. The zero-order chi connectivity index (χ0) is 7.78. The normalized spacial score (nSPS) is 30.4. The van der Waals surface area contributed by atoms with Gasteiger partial charge in [0.1, 0.15) is 16.9 Å². The minimum absolute atomic E-state index is 0.0186. The Morgan fingerprint density at radius 2 is 2.40 bits per heavy atom. The first-order valence-electron chi connectivity index (χ1n) is 3.22. The second-order valence-corrected chi connectivity index (χ2v) is 4.68. The van der Waals surface area contributed by atoms with Crippen LogP contribution in [0, 0.1) is 0 Å². The summed E-state index contributed by atoms with van der Waals surface area (Å²) in [4.78, 5) is 10.4. The average Bonchev–Trinajstić information content (AvgIpc) is 2.10. The predicted molar refractivity (Wildman–Crippen MR) is 37.3 cm³/mol. The molecule has 10 heavy (non-hydrogen) atoms. The van der Waals surface area contributed by atoms with E-state index in [9.17, 15) is 9.90 Å². The first-order valence-corrected chi connectivity index (χ1v) is 4.21. The lowest BCUT2D eigenvalue weighted by molar-refractivity contribution is -0.710. The van der Waals surface area contributed by atoms with Gasteiger partial charge in [-0.15, -0.1) is 0 Å². The van der Waals surface area contributed by atoms with Crippen LogP contribution in [0.4, 0.5) is 0 Å². The van der Waals surface area contributed by atoms with Crippen molar-refractivity contribution in [1.82, 2.24) is 0 Å². The van der Waals surface area contributed by atoms with Gasteiger partial charge in [-0.3, -0.25) is 0 Å². The zero-order valence-electron chi connectivity index (χ0n) is 6.09. The first-order chi connectivity index (χ1) is 4.51. The Bertz CT molecular complexity index is 158. The summed E-state index contributed by atoms with van der Waals surface area (Å²) < 4.78 is 0. The molecule has 0 aromatic rings. The van der Waals surface area contributed by atoms with Crippen LogP contribution in [0.15, 0.2) is 0 Å². The molecule has 1 atom stereocenters. The molecule has 1 rings (SSSR count). The van der Waals surface area contributed by atoms with Crippen LogP contribution < -0.4 is 10.4 Å². The number of aliphatic carboxylic acids is 1. The number of thioether (sulfide) groups is 1. The van der Waals surface area contributed by atoms with E-state index in [2.05, 4.69) is 0 Å². The van der Waals surface area contributed by atoms with Gasteiger partial charge in [0.2, 0.25) is 0 Å². The molecule has 58 valence electrons. The van der Waals surface area contributed by atoms with E-state index in [-0.39, 0.29) is 10.9 Å². The van der Waals surface area contributed by atoms with Gasteiger partial charge in [0, 0.05) is 13.8 Å². The highest BCUT2D eigenvalue weighted by Gasteiger charge is 2.35. The van der Waals surface area contributed by atoms with Crippen LogP contribution in [0.25, 0.3) is 0 Å². The molecule has 0 saturated carbocycles. The number of hydrogen-bond acceptors (Lipinski definition) is 3. The van der Waals surface area contributed by atoms with Crippen molar-refractivity contribution in [2.45, 2.75) is 24.8 Å². The van der Waals surface area contributed by atoms with Crippen LogP contribution in [0.2, 0.25) is 0 Å². The van der Waals surface area contributed by atoms with Gasteiger partial charge in [-0.2, -0.15) is 0 Å². The molecular weight excluding hydrogens is 150 g/mol. The summed E-state index contributed by atoms with van der Waals surface area (Å²) in [7, 11) is 0. The van der Waals surface area contributed by atoms with Crippen molar-refractivity contribution in [1.29, 1.82) is 0 Å². The number of carbonyl (C=O) groups excluding carboxylic acids is 1. The van der Waals surface area contributed by atoms with Gasteiger partial charge in [-0.1, -0.05) is 11.8 Å². The number of hydrogen-bond donors (Lipinski definition) is 1. The SMILES string of the molecule is CC1(C)[NH2+][C@H](C(=O)[O-])CS1. The second-order valence-electron chi connectivity index (χ2n) is 3.01. The molecule has 0 spiro atoms. The predicted octanol–water partition coefficient (Wildman–Crippen LogP) is -1.85. The fraction of sp³-hybridized carbons (Fsp3) is 0.833. The molecule has 4 heteroatoms. The maximum atomic E-state index is 10.3. The van der Waals surface area contributed by atoms with Crippen molar-refractivity contribution in [2.24, 2.45) is 0 Å². The maximum absolute atomic E-state index is 10.3. The lowest BCUT2D eigenvalue weighted by atomic mass is 10.3. The van der Waals surface area contributed by atoms with Crippen LogP contribution in [0.1, 0.15) is 13.8 Å². The number of quaternary nitrogens is 1. The Morgan fingerprint density at radius 1 is 1.80 bits per heavy atom. The van der Waals surface area contributed by atoms with Crippen molar-refractivity contribution >= 4 is 17.7 Å². The van der Waals surface area contributed by atoms with E-state index in [1.807, 2.05) is 19.2 Å². The van der Waals surface area contributed by atoms with Crippen molar-refractivity contribution in [3.8, 4) is 0 Å². The number of nitrogens with two attached hydrogens (primary N) is 1. The van der Waals surface area contributed by atoms with Crippen molar-refractivity contribution < 1.29 is 15.2 Å². The van der Waals surface area contributed by atoms with Gasteiger partial charge < -0.3 is 15.2 Å². The average molecular weight is 161 g/mol. The molecule has 0 bridgehead atoms. The summed E-state index contributed by atoms with van der Waals surface area (Å²) in [5, 5.41) is 12.2. The molecule has 1 saturated heterocycles. The Balaban J connectivity index is 2.51. The summed E-state index contributed by atoms with van der Waals surface area (Å²) in [5.74, 6) is -0.284. The third-order valence-electron chi connectivity index (χ3n) is 1.54. The molecule has 0 amide bonds. The third-order valence-corrected chi connectivity index (χ3v) is 2.95. The summed E-state index contributed by atoms with van der Waals surface area (Å²) in [6.07, 6.45) is 0. The largest absolute Gasteiger partial charge is 0.544 e. The van der Waals surface area contributed by atoms with E-state index in [0.29, 0.717) is 5.75 Å². The fourth-order valence-corrected chi connectivity index (χ4v) is 2.12. The highest BCUT2D eigenvalue weighted by atomic mass is 32.2. The van der Waals surface area contributed by atoms with Gasteiger partial charge in [-0.25, -0.2) is 0 Å². The minimum Gasteiger partial charge on any atom is -0.544 e. The maximum Gasteiger partial charge on any atom is 0.137 e. The molecule has 0 aromatic heterocycles. The quantitative estimate of drug-likeness (QED) is 0.491. The van der Waals surface area contributed by atoms with Crippen LogP contribution in [0.3, 0.4) is 0 Å². The van der Waals surface area contributed by atoms with Gasteiger partial charge in [0.25, 0.3) is 0 Å². The smallest absolute Gasteiger partial charge is 0.137 e. The van der Waals surface area contributed by atoms with Crippen molar-refractivity contribution in [2.75, 3.05) is 5.75 Å². The lowest BCUT2D eigenvalue weighted by Crippen LogP contribution is -2.98. The Hall–Kier alpha value is -0.220. The summed E-state index contributed by atoms with van der Waals surface area (Å²) in [6, 6.07) is -0.347. The fourth-order valence-electron chi connectivity index (χ4n) is 1.02. The van der Waals surface area contributed by atoms with Crippen LogP contribution in [0.5, 0.6) is 0 Å². The Kier molecular flexibility index (Phi) is 1.92. The first kappa shape index (κ1) is 7.88. The Morgan fingerprint density at radius 3 is 2.60 bits per heavy atom. The molecule has 0 aliphatic carbocycles. The number of carboxylic acids is 1. The van der Waals surface area contributed by atoms with E-state index >= 15 is 0 Å². The zero-order valence-corrected chi connectivity index (χ0v) is 6.90. The van der Waals surface area contributed by atoms with Crippen LogP contribution >= 0.6 is 11.8 Å². The van der Waals surface area contributed by atoms with Gasteiger partial charge in [0.15, 0.2) is 0 Å². The third kappa shape index (κ3) is 1.64. The number of rotatable bonds is 1. The molecular formula is C6H11NO2S. The standard InChI is InChI=1S/C6H11NO2S/c1-6(2)7-4(3-10-6)5(8)9/h4,7H,3H2,1-2H3,(H,8,9)/t4-/m0/s1. The topological polar surface area (TPSA) is 56.7 Å². The number of carboxylic acid groups (broad SMARTS) is 1. The molecule has 3 nitrogen and oxygen atoms in total.